The van der Waals surface area contributed by atoms with Crippen LogP contribution in [0.15, 0.2) is 22.7 Å². The number of piperidine rings is 1. The molecule has 0 atom stereocenters. The first-order valence-corrected chi connectivity index (χ1v) is 8.24. The quantitative estimate of drug-likeness (QED) is 0.913. The van der Waals surface area contributed by atoms with Gasteiger partial charge in [-0.05, 0) is 62.9 Å². The summed E-state index contributed by atoms with van der Waals surface area (Å²) in [6.07, 6.45) is 5.50. The lowest BCUT2D eigenvalue weighted by molar-refractivity contribution is 0.189. The van der Waals surface area contributed by atoms with Crippen molar-refractivity contribution in [2.45, 2.75) is 51.2 Å². The molecule has 2 nitrogen and oxygen atoms in total. The van der Waals surface area contributed by atoms with Gasteiger partial charge >= 0.3 is 0 Å². The lowest BCUT2D eigenvalue weighted by Crippen LogP contribution is -2.43. The van der Waals surface area contributed by atoms with Gasteiger partial charge in [-0.15, -0.1) is 0 Å². The Hall–Kier alpha value is -0.380. The van der Waals surface area contributed by atoms with Crippen molar-refractivity contribution in [3.05, 3.63) is 33.8 Å². The predicted molar refractivity (Wildman–Crippen MR) is 83.3 cm³/mol. The zero-order valence-corrected chi connectivity index (χ0v) is 13.2. The fourth-order valence-corrected chi connectivity index (χ4v) is 3.34. The second-order valence-corrected chi connectivity index (χ2v) is 6.86. The Labute approximate surface area is 124 Å². The van der Waals surface area contributed by atoms with Gasteiger partial charge in [0.25, 0.3) is 0 Å². The lowest BCUT2D eigenvalue weighted by atomic mass is 10.0. The van der Waals surface area contributed by atoms with Crippen LogP contribution in [0.5, 0.6) is 0 Å². The van der Waals surface area contributed by atoms with Crippen molar-refractivity contribution in [2.75, 3.05) is 13.1 Å². The predicted octanol–water partition coefficient (Wildman–Crippen LogP) is 3.47. The summed E-state index contributed by atoms with van der Waals surface area (Å²) in [6.45, 7) is 5.71. The smallest absolute Gasteiger partial charge is 0.0208 e. The van der Waals surface area contributed by atoms with Gasteiger partial charge in [0.15, 0.2) is 0 Å². The topological polar surface area (TPSA) is 15.3 Å². The summed E-state index contributed by atoms with van der Waals surface area (Å²) in [5.74, 6) is 0. The van der Waals surface area contributed by atoms with Crippen molar-refractivity contribution in [3.8, 4) is 0 Å². The Balaban J connectivity index is 1.45. The average Bonchev–Trinajstić information content (AvgIpc) is 3.25. The van der Waals surface area contributed by atoms with Crippen LogP contribution >= 0.6 is 15.9 Å². The number of benzene rings is 1. The van der Waals surface area contributed by atoms with E-state index in [0.717, 1.165) is 12.6 Å². The monoisotopic (exact) mass is 322 g/mol. The largest absolute Gasteiger partial charge is 0.310 e. The summed E-state index contributed by atoms with van der Waals surface area (Å²) in [5, 5.41) is 3.72. The molecule has 1 aliphatic heterocycles. The van der Waals surface area contributed by atoms with Crippen LogP contribution in [0.3, 0.4) is 0 Å². The molecule has 0 unspecified atom stereocenters. The van der Waals surface area contributed by atoms with E-state index < -0.39 is 0 Å². The Morgan fingerprint density at radius 2 is 1.95 bits per heavy atom. The Bertz CT molecular complexity index is 434. The molecule has 1 heterocycles. The molecule has 2 aliphatic rings. The van der Waals surface area contributed by atoms with Crippen LogP contribution < -0.4 is 5.32 Å². The van der Waals surface area contributed by atoms with E-state index in [-0.39, 0.29) is 0 Å². The first-order valence-electron chi connectivity index (χ1n) is 7.45. The van der Waals surface area contributed by atoms with Crippen molar-refractivity contribution in [1.29, 1.82) is 0 Å². The highest BCUT2D eigenvalue weighted by atomic mass is 79.9. The number of hydrogen-bond acceptors (Lipinski definition) is 2. The van der Waals surface area contributed by atoms with Gasteiger partial charge in [-0.3, -0.25) is 0 Å². The Morgan fingerprint density at radius 1 is 1.21 bits per heavy atom. The number of aryl methyl sites for hydroxylation is 1. The molecule has 1 N–H and O–H groups in total. The molecule has 1 aromatic carbocycles. The second kappa shape index (κ2) is 5.94. The fourth-order valence-electron chi connectivity index (χ4n) is 2.92. The van der Waals surface area contributed by atoms with E-state index in [1.807, 2.05) is 0 Å². The first-order chi connectivity index (χ1) is 9.22. The second-order valence-electron chi connectivity index (χ2n) is 6.01. The number of nitrogens with one attached hydrogen (secondary N) is 1. The molecule has 19 heavy (non-hydrogen) atoms. The van der Waals surface area contributed by atoms with E-state index in [2.05, 4.69) is 51.3 Å². The van der Waals surface area contributed by atoms with Gasteiger partial charge in [0.1, 0.15) is 0 Å². The molecule has 3 rings (SSSR count). The van der Waals surface area contributed by atoms with E-state index in [1.165, 1.54) is 54.4 Å². The molecule has 1 aromatic rings. The van der Waals surface area contributed by atoms with Crippen molar-refractivity contribution < 1.29 is 0 Å². The highest BCUT2D eigenvalue weighted by Crippen LogP contribution is 2.29. The van der Waals surface area contributed by atoms with E-state index in [9.17, 15) is 0 Å². The lowest BCUT2D eigenvalue weighted by Gasteiger charge is -2.32. The molecular formula is C16H23BrN2. The average molecular weight is 323 g/mol. The third-order valence-corrected chi connectivity index (χ3v) is 5.28. The van der Waals surface area contributed by atoms with Crippen LogP contribution in [-0.4, -0.2) is 30.1 Å². The molecular weight excluding hydrogens is 300 g/mol. The molecule has 3 heteroatoms. The standard InChI is InChI=1S/C16H23BrN2/c1-12-2-3-13(10-16(12)17)11-18-14-6-8-19(9-7-14)15-4-5-15/h2-3,10,14-15,18H,4-9,11H2,1H3. The molecule has 0 radical (unpaired) electrons. The van der Waals surface area contributed by atoms with Crippen LogP contribution in [0.2, 0.25) is 0 Å². The van der Waals surface area contributed by atoms with Crippen LogP contribution in [0, 0.1) is 6.92 Å². The third-order valence-electron chi connectivity index (χ3n) is 4.42. The zero-order chi connectivity index (χ0) is 13.2. The Kier molecular flexibility index (Phi) is 4.25. The fraction of sp³-hybridized carbons (Fsp3) is 0.625. The van der Waals surface area contributed by atoms with Crippen molar-refractivity contribution in [2.24, 2.45) is 0 Å². The third kappa shape index (κ3) is 3.59. The van der Waals surface area contributed by atoms with Gasteiger partial charge in [0.05, 0.1) is 0 Å². The molecule has 0 spiro atoms. The highest BCUT2D eigenvalue weighted by molar-refractivity contribution is 9.10. The number of hydrogen-bond donors (Lipinski definition) is 1. The summed E-state index contributed by atoms with van der Waals surface area (Å²) in [4.78, 5) is 2.68. The minimum absolute atomic E-state index is 0.704. The normalized spacial score (nSPS) is 21.8. The van der Waals surface area contributed by atoms with Gasteiger partial charge in [0, 0.05) is 23.1 Å². The highest BCUT2D eigenvalue weighted by Gasteiger charge is 2.31. The molecule has 0 aromatic heterocycles. The number of halogens is 1. The van der Waals surface area contributed by atoms with E-state index in [0.29, 0.717) is 6.04 Å². The van der Waals surface area contributed by atoms with Gasteiger partial charge in [-0.1, -0.05) is 28.1 Å². The zero-order valence-electron chi connectivity index (χ0n) is 11.7. The maximum absolute atomic E-state index is 3.72. The summed E-state index contributed by atoms with van der Waals surface area (Å²) in [5.41, 5.74) is 2.68. The van der Waals surface area contributed by atoms with Gasteiger partial charge < -0.3 is 10.2 Å². The van der Waals surface area contributed by atoms with Crippen LogP contribution in [0.1, 0.15) is 36.8 Å². The van der Waals surface area contributed by atoms with Crippen LogP contribution in [-0.2, 0) is 6.54 Å². The van der Waals surface area contributed by atoms with E-state index in [1.54, 1.807) is 0 Å². The molecule has 1 saturated heterocycles. The van der Waals surface area contributed by atoms with E-state index in [4.69, 9.17) is 0 Å². The van der Waals surface area contributed by atoms with Crippen molar-refractivity contribution >= 4 is 15.9 Å². The molecule has 2 fully saturated rings. The maximum atomic E-state index is 3.72. The molecule has 1 saturated carbocycles. The van der Waals surface area contributed by atoms with Crippen molar-refractivity contribution in [3.63, 3.8) is 0 Å². The van der Waals surface area contributed by atoms with Gasteiger partial charge in [-0.2, -0.15) is 0 Å². The SMILES string of the molecule is Cc1ccc(CNC2CCN(C3CC3)CC2)cc1Br. The maximum Gasteiger partial charge on any atom is 0.0208 e. The Morgan fingerprint density at radius 3 is 2.58 bits per heavy atom. The minimum Gasteiger partial charge on any atom is -0.310 e. The van der Waals surface area contributed by atoms with Crippen LogP contribution in [0.25, 0.3) is 0 Å². The molecule has 1 aliphatic carbocycles. The number of nitrogens with zero attached hydrogens (tertiary/aromatic N) is 1. The van der Waals surface area contributed by atoms with E-state index >= 15 is 0 Å². The molecule has 0 bridgehead atoms. The van der Waals surface area contributed by atoms with Crippen LogP contribution in [0.4, 0.5) is 0 Å². The van der Waals surface area contributed by atoms with Crippen molar-refractivity contribution in [1.82, 2.24) is 10.2 Å². The van der Waals surface area contributed by atoms with Gasteiger partial charge in [-0.25, -0.2) is 0 Å². The number of rotatable bonds is 4. The summed E-state index contributed by atoms with van der Waals surface area (Å²) >= 11 is 3.61. The minimum atomic E-state index is 0.704. The molecule has 104 valence electrons. The first kappa shape index (κ1) is 13.6. The molecule has 0 amide bonds. The summed E-state index contributed by atoms with van der Waals surface area (Å²) < 4.78 is 1.22. The summed E-state index contributed by atoms with van der Waals surface area (Å²) in [7, 11) is 0. The number of likely N-dealkylation sites (tertiary alicyclic amines) is 1. The summed E-state index contributed by atoms with van der Waals surface area (Å²) in [6, 6.07) is 8.30. The van der Waals surface area contributed by atoms with Gasteiger partial charge in [0.2, 0.25) is 0 Å².